The smallest absolute Gasteiger partial charge is 0.261 e. The Kier molecular flexibility index (Phi) is 5.36. The molecule has 4 nitrogen and oxygen atoms in total. The number of hydrogen-bond acceptors (Lipinski definition) is 3. The third-order valence-electron chi connectivity index (χ3n) is 5.18. The van der Waals surface area contributed by atoms with Crippen molar-refractivity contribution in [2.24, 2.45) is 0 Å². The van der Waals surface area contributed by atoms with Gasteiger partial charge in [0.15, 0.2) is 0 Å². The summed E-state index contributed by atoms with van der Waals surface area (Å²) in [6.07, 6.45) is 0.691. The van der Waals surface area contributed by atoms with Crippen LogP contribution in [0.4, 0.5) is 0 Å². The molecule has 4 rings (SSSR count). The van der Waals surface area contributed by atoms with Gasteiger partial charge in [-0.05, 0) is 54.3 Å². The molecule has 0 fully saturated rings. The Bertz CT molecular complexity index is 1030. The highest BCUT2D eigenvalue weighted by Gasteiger charge is 2.34. The molecule has 0 saturated heterocycles. The van der Waals surface area contributed by atoms with Crippen molar-refractivity contribution in [3.05, 3.63) is 94.5 Å². The summed E-state index contributed by atoms with van der Waals surface area (Å²) >= 11 is 6.13. The number of halogens is 1. The Hall–Kier alpha value is -3.11. The van der Waals surface area contributed by atoms with Crippen LogP contribution >= 0.6 is 11.6 Å². The summed E-state index contributed by atoms with van der Waals surface area (Å²) in [6.45, 7) is 2.48. The van der Waals surface area contributed by atoms with Gasteiger partial charge in [-0.1, -0.05) is 54.9 Å². The average Bonchev–Trinajstić information content (AvgIpc) is 2.99. The summed E-state index contributed by atoms with van der Waals surface area (Å²) in [5, 5.41) is 0.561. The molecular weight excluding hydrogens is 386 g/mol. The number of carbonyl (C=O) groups excluding carboxylic acids is 2. The van der Waals surface area contributed by atoms with Gasteiger partial charge in [-0.15, -0.1) is 0 Å². The van der Waals surface area contributed by atoms with E-state index in [1.165, 1.54) is 4.90 Å². The standard InChI is InChI=1S/C24H20ClNO3/c1-16(14-15-26-23(27)19-6-2-3-7-20(19)24(26)28)17-10-12-18(13-11-17)29-22-9-5-4-8-21(22)25/h2-13,16H,14-15H2,1H3. The number of ether oxygens (including phenoxy) is 1. The maximum absolute atomic E-state index is 12.5. The van der Waals surface area contributed by atoms with Gasteiger partial charge in [-0.25, -0.2) is 0 Å². The van der Waals surface area contributed by atoms with Gasteiger partial charge >= 0.3 is 0 Å². The van der Waals surface area contributed by atoms with E-state index in [9.17, 15) is 9.59 Å². The Balaban J connectivity index is 1.38. The molecule has 1 aliphatic heterocycles. The normalized spacial score (nSPS) is 14.1. The summed E-state index contributed by atoms with van der Waals surface area (Å²) in [6, 6.07) is 22.1. The van der Waals surface area contributed by atoms with E-state index >= 15 is 0 Å². The van der Waals surface area contributed by atoms with Crippen LogP contribution in [0.1, 0.15) is 45.5 Å². The number of carbonyl (C=O) groups is 2. The molecule has 3 aromatic rings. The molecule has 146 valence electrons. The Labute approximate surface area is 174 Å². The zero-order valence-corrected chi connectivity index (χ0v) is 16.7. The molecule has 3 aromatic carbocycles. The number of fused-ring (bicyclic) bond motifs is 1. The van der Waals surface area contributed by atoms with Gasteiger partial charge in [0.1, 0.15) is 11.5 Å². The molecular formula is C24H20ClNO3. The van der Waals surface area contributed by atoms with Gasteiger partial charge < -0.3 is 4.74 Å². The summed E-state index contributed by atoms with van der Waals surface area (Å²) in [5.74, 6) is 1.09. The van der Waals surface area contributed by atoms with Crippen molar-refractivity contribution < 1.29 is 14.3 Å². The predicted octanol–water partition coefficient (Wildman–Crippen LogP) is 5.92. The molecule has 0 aromatic heterocycles. The van der Waals surface area contributed by atoms with Crippen molar-refractivity contribution in [1.82, 2.24) is 4.90 Å². The second-order valence-corrected chi connectivity index (χ2v) is 7.51. The van der Waals surface area contributed by atoms with Crippen molar-refractivity contribution in [2.45, 2.75) is 19.3 Å². The van der Waals surface area contributed by atoms with Crippen LogP contribution < -0.4 is 4.74 Å². The van der Waals surface area contributed by atoms with Crippen LogP contribution in [0, 0.1) is 0 Å². The summed E-state index contributed by atoms with van der Waals surface area (Å²) in [4.78, 5) is 26.3. The van der Waals surface area contributed by atoms with Gasteiger partial charge in [-0.3, -0.25) is 14.5 Å². The van der Waals surface area contributed by atoms with Gasteiger partial charge in [0.25, 0.3) is 11.8 Å². The minimum Gasteiger partial charge on any atom is -0.456 e. The second-order valence-electron chi connectivity index (χ2n) is 7.10. The van der Waals surface area contributed by atoms with Gasteiger partial charge in [0.2, 0.25) is 0 Å². The minimum atomic E-state index is -0.207. The molecule has 1 atom stereocenters. The van der Waals surface area contributed by atoms with Crippen molar-refractivity contribution >= 4 is 23.4 Å². The quantitative estimate of drug-likeness (QED) is 0.478. The number of benzene rings is 3. The van der Waals surface area contributed by atoms with Gasteiger partial charge in [-0.2, -0.15) is 0 Å². The number of nitrogens with zero attached hydrogens (tertiary/aromatic N) is 1. The molecule has 1 heterocycles. The molecule has 0 bridgehead atoms. The average molecular weight is 406 g/mol. The van der Waals surface area contributed by atoms with Crippen LogP contribution in [0.15, 0.2) is 72.8 Å². The summed E-state index contributed by atoms with van der Waals surface area (Å²) in [5.41, 5.74) is 2.10. The van der Waals surface area contributed by atoms with Gasteiger partial charge in [0, 0.05) is 6.54 Å². The molecule has 0 N–H and O–H groups in total. The zero-order valence-electron chi connectivity index (χ0n) is 16.0. The SMILES string of the molecule is CC(CCN1C(=O)c2ccccc2C1=O)c1ccc(Oc2ccccc2Cl)cc1. The van der Waals surface area contributed by atoms with Crippen LogP contribution in [0.5, 0.6) is 11.5 Å². The fourth-order valence-electron chi connectivity index (χ4n) is 3.45. The predicted molar refractivity (Wildman–Crippen MR) is 113 cm³/mol. The first-order valence-electron chi connectivity index (χ1n) is 9.52. The van der Waals surface area contributed by atoms with Gasteiger partial charge in [0.05, 0.1) is 16.1 Å². The highest BCUT2D eigenvalue weighted by Crippen LogP contribution is 2.30. The number of amides is 2. The third kappa shape index (κ3) is 3.89. The van der Waals surface area contributed by atoms with E-state index in [4.69, 9.17) is 16.3 Å². The Morgan fingerprint density at radius 3 is 2.07 bits per heavy atom. The zero-order chi connectivity index (χ0) is 20.4. The van der Waals surface area contributed by atoms with Crippen molar-refractivity contribution in [1.29, 1.82) is 0 Å². The van der Waals surface area contributed by atoms with E-state index in [1.54, 1.807) is 30.3 Å². The minimum absolute atomic E-state index is 0.189. The van der Waals surface area contributed by atoms with Crippen molar-refractivity contribution in [3.8, 4) is 11.5 Å². The number of imide groups is 1. The van der Waals surface area contributed by atoms with Crippen LogP contribution in [0.25, 0.3) is 0 Å². The van der Waals surface area contributed by atoms with Crippen molar-refractivity contribution in [2.75, 3.05) is 6.54 Å². The molecule has 1 unspecified atom stereocenters. The van der Waals surface area contributed by atoms with E-state index in [2.05, 4.69) is 6.92 Å². The van der Waals surface area contributed by atoms with Crippen LogP contribution in [-0.4, -0.2) is 23.3 Å². The first kappa shape index (κ1) is 19.2. The lowest BCUT2D eigenvalue weighted by Gasteiger charge is -2.18. The van der Waals surface area contributed by atoms with E-state index < -0.39 is 0 Å². The largest absolute Gasteiger partial charge is 0.456 e. The molecule has 29 heavy (non-hydrogen) atoms. The first-order chi connectivity index (χ1) is 14.0. The van der Waals surface area contributed by atoms with Crippen molar-refractivity contribution in [3.63, 3.8) is 0 Å². The number of hydrogen-bond donors (Lipinski definition) is 0. The molecule has 0 radical (unpaired) electrons. The Morgan fingerprint density at radius 1 is 0.862 bits per heavy atom. The topological polar surface area (TPSA) is 46.6 Å². The van der Waals surface area contributed by atoms with Crippen LogP contribution in [0.2, 0.25) is 5.02 Å². The molecule has 5 heteroatoms. The lowest BCUT2D eigenvalue weighted by molar-refractivity contribution is 0.0650. The third-order valence-corrected chi connectivity index (χ3v) is 5.49. The molecule has 1 aliphatic rings. The summed E-state index contributed by atoms with van der Waals surface area (Å²) in [7, 11) is 0. The van der Waals surface area contributed by atoms with E-state index in [1.807, 2.05) is 42.5 Å². The number of rotatable bonds is 6. The summed E-state index contributed by atoms with van der Waals surface area (Å²) < 4.78 is 5.82. The fraction of sp³-hybridized carbons (Fsp3) is 0.167. The molecule has 0 saturated carbocycles. The monoisotopic (exact) mass is 405 g/mol. The maximum Gasteiger partial charge on any atom is 0.261 e. The first-order valence-corrected chi connectivity index (χ1v) is 9.90. The Morgan fingerprint density at radius 2 is 1.45 bits per heavy atom. The lowest BCUT2D eigenvalue weighted by atomic mass is 9.97. The maximum atomic E-state index is 12.5. The van der Waals surface area contributed by atoms with E-state index in [0.717, 1.165) is 5.56 Å². The molecule has 0 spiro atoms. The van der Waals surface area contributed by atoms with Crippen LogP contribution in [-0.2, 0) is 0 Å². The number of para-hydroxylation sites is 1. The fourth-order valence-corrected chi connectivity index (χ4v) is 3.62. The highest BCUT2D eigenvalue weighted by atomic mass is 35.5. The van der Waals surface area contributed by atoms with E-state index in [-0.39, 0.29) is 17.7 Å². The molecule has 0 aliphatic carbocycles. The highest BCUT2D eigenvalue weighted by molar-refractivity contribution is 6.32. The van der Waals surface area contributed by atoms with Crippen LogP contribution in [0.3, 0.4) is 0 Å². The second kappa shape index (κ2) is 8.10. The van der Waals surface area contributed by atoms with E-state index in [0.29, 0.717) is 40.6 Å². The molecule has 2 amide bonds. The lowest BCUT2D eigenvalue weighted by Crippen LogP contribution is -2.31.